The lowest BCUT2D eigenvalue weighted by Gasteiger charge is -2.28. The summed E-state index contributed by atoms with van der Waals surface area (Å²) in [6, 6.07) is 33.9. The number of rotatable bonds is 8. The number of carbonyl (C=O) groups excluding carboxylic acids is 1. The van der Waals surface area contributed by atoms with Crippen molar-refractivity contribution >= 4 is 12.0 Å². The van der Waals surface area contributed by atoms with Crippen molar-refractivity contribution in [2.75, 3.05) is 6.54 Å². The van der Waals surface area contributed by atoms with Crippen LogP contribution in [0.5, 0.6) is 0 Å². The van der Waals surface area contributed by atoms with E-state index in [0.29, 0.717) is 13.1 Å². The van der Waals surface area contributed by atoms with E-state index in [2.05, 4.69) is 25.1 Å². The zero-order valence-corrected chi connectivity index (χ0v) is 18.2. The van der Waals surface area contributed by atoms with Crippen molar-refractivity contribution in [1.82, 2.24) is 4.90 Å². The van der Waals surface area contributed by atoms with Crippen LogP contribution in [0.15, 0.2) is 119 Å². The monoisotopic (exact) mass is 421 g/mol. The predicted octanol–water partition coefficient (Wildman–Crippen LogP) is 6.54. The summed E-state index contributed by atoms with van der Waals surface area (Å²) in [5.41, 5.74) is 4.20. The smallest absolute Gasteiger partial charge is 0.235 e. The van der Waals surface area contributed by atoms with Crippen molar-refractivity contribution in [1.29, 1.82) is 0 Å². The first kappa shape index (κ1) is 21.4. The number of benzene rings is 3. The molecule has 0 spiro atoms. The lowest BCUT2D eigenvalue weighted by molar-refractivity contribution is -0.132. The van der Waals surface area contributed by atoms with Gasteiger partial charge in [0.2, 0.25) is 5.91 Å². The van der Waals surface area contributed by atoms with Crippen molar-refractivity contribution in [2.45, 2.75) is 19.4 Å². The molecule has 1 heterocycles. The molecule has 0 aliphatic heterocycles. The van der Waals surface area contributed by atoms with Gasteiger partial charge in [-0.15, -0.1) is 0 Å². The van der Waals surface area contributed by atoms with Crippen molar-refractivity contribution in [3.05, 3.63) is 137 Å². The van der Waals surface area contributed by atoms with Gasteiger partial charge in [0.05, 0.1) is 18.7 Å². The highest BCUT2D eigenvalue weighted by Crippen LogP contribution is 2.28. The van der Waals surface area contributed by atoms with E-state index in [4.69, 9.17) is 4.42 Å². The SMILES string of the molecule is C/C(=C\c1ccccc1)CN(Cc1ccco1)C(=O)C(c1ccccc1)c1ccccc1. The van der Waals surface area contributed by atoms with Crippen LogP contribution in [-0.4, -0.2) is 17.4 Å². The Kier molecular flexibility index (Phi) is 6.98. The quantitative estimate of drug-likeness (QED) is 0.323. The number of hydrogen-bond acceptors (Lipinski definition) is 2. The Morgan fingerprint density at radius 3 is 1.91 bits per heavy atom. The maximum atomic E-state index is 14.0. The van der Waals surface area contributed by atoms with Gasteiger partial charge in [0.25, 0.3) is 0 Å². The van der Waals surface area contributed by atoms with E-state index in [1.807, 2.05) is 95.9 Å². The standard InChI is InChI=1S/C29H27NO2/c1-23(20-24-12-5-2-6-13-24)21-30(22-27-18-11-19-32-27)29(31)28(25-14-7-3-8-15-25)26-16-9-4-10-17-26/h2-20,28H,21-22H2,1H3/b23-20+. The average molecular weight is 422 g/mol. The molecule has 0 unspecified atom stereocenters. The number of furan rings is 1. The molecule has 1 amide bonds. The van der Waals surface area contributed by atoms with Crippen LogP contribution in [0.4, 0.5) is 0 Å². The molecule has 0 saturated carbocycles. The van der Waals surface area contributed by atoms with E-state index in [-0.39, 0.29) is 11.8 Å². The van der Waals surface area contributed by atoms with Gasteiger partial charge in [0.1, 0.15) is 5.76 Å². The molecular formula is C29H27NO2. The summed E-state index contributed by atoms with van der Waals surface area (Å²) in [6.45, 7) is 3.00. The third kappa shape index (κ3) is 5.44. The topological polar surface area (TPSA) is 33.5 Å². The maximum absolute atomic E-state index is 14.0. The minimum Gasteiger partial charge on any atom is -0.467 e. The number of amides is 1. The van der Waals surface area contributed by atoms with Gasteiger partial charge in [0, 0.05) is 6.54 Å². The Morgan fingerprint density at radius 2 is 1.38 bits per heavy atom. The first-order chi connectivity index (χ1) is 15.7. The molecule has 4 aromatic rings. The molecule has 0 atom stereocenters. The Hall–Kier alpha value is -3.85. The summed E-state index contributed by atoms with van der Waals surface area (Å²) >= 11 is 0. The molecule has 0 saturated heterocycles. The lowest BCUT2D eigenvalue weighted by atomic mass is 9.89. The summed E-state index contributed by atoms with van der Waals surface area (Å²) in [7, 11) is 0. The second kappa shape index (κ2) is 10.5. The van der Waals surface area contributed by atoms with Crippen LogP contribution in [0, 0.1) is 0 Å². The molecule has 0 N–H and O–H groups in total. The van der Waals surface area contributed by atoms with Gasteiger partial charge in [-0.05, 0) is 35.7 Å². The van der Waals surface area contributed by atoms with Crippen molar-refractivity contribution in [3.8, 4) is 0 Å². The molecule has 0 aliphatic rings. The highest BCUT2D eigenvalue weighted by molar-refractivity contribution is 5.87. The van der Waals surface area contributed by atoms with Crippen LogP contribution in [-0.2, 0) is 11.3 Å². The molecule has 0 fully saturated rings. The van der Waals surface area contributed by atoms with Gasteiger partial charge in [-0.25, -0.2) is 0 Å². The second-order valence-corrected chi connectivity index (χ2v) is 7.93. The first-order valence-corrected chi connectivity index (χ1v) is 10.8. The van der Waals surface area contributed by atoms with E-state index in [1.54, 1.807) is 6.26 Å². The van der Waals surface area contributed by atoms with Crippen LogP contribution in [0.1, 0.15) is 35.3 Å². The Morgan fingerprint density at radius 1 is 0.812 bits per heavy atom. The van der Waals surface area contributed by atoms with E-state index in [0.717, 1.165) is 28.0 Å². The minimum absolute atomic E-state index is 0.0552. The van der Waals surface area contributed by atoms with Gasteiger partial charge < -0.3 is 9.32 Å². The van der Waals surface area contributed by atoms with Crippen LogP contribution in [0.2, 0.25) is 0 Å². The van der Waals surface area contributed by atoms with Gasteiger partial charge in [-0.3, -0.25) is 4.79 Å². The molecule has 3 aromatic carbocycles. The average Bonchev–Trinajstić information content (AvgIpc) is 3.34. The van der Waals surface area contributed by atoms with Crippen molar-refractivity contribution in [2.24, 2.45) is 0 Å². The maximum Gasteiger partial charge on any atom is 0.235 e. The number of hydrogen-bond donors (Lipinski definition) is 0. The predicted molar refractivity (Wildman–Crippen MR) is 129 cm³/mol. The zero-order valence-electron chi connectivity index (χ0n) is 18.2. The Labute approximate surface area is 189 Å². The van der Waals surface area contributed by atoms with Gasteiger partial charge in [-0.1, -0.05) is 103 Å². The van der Waals surface area contributed by atoms with Gasteiger partial charge in [0.15, 0.2) is 0 Å². The second-order valence-electron chi connectivity index (χ2n) is 7.93. The minimum atomic E-state index is -0.378. The molecular weight excluding hydrogens is 394 g/mol. The molecule has 32 heavy (non-hydrogen) atoms. The largest absolute Gasteiger partial charge is 0.467 e. The first-order valence-electron chi connectivity index (χ1n) is 10.8. The van der Waals surface area contributed by atoms with Crippen molar-refractivity contribution in [3.63, 3.8) is 0 Å². The number of nitrogens with zero attached hydrogens (tertiary/aromatic N) is 1. The van der Waals surface area contributed by atoms with E-state index in [9.17, 15) is 4.79 Å². The molecule has 0 radical (unpaired) electrons. The summed E-state index contributed by atoms with van der Waals surface area (Å²) < 4.78 is 5.59. The molecule has 3 nitrogen and oxygen atoms in total. The lowest BCUT2D eigenvalue weighted by Crippen LogP contribution is -2.36. The highest BCUT2D eigenvalue weighted by Gasteiger charge is 2.28. The molecule has 160 valence electrons. The normalized spacial score (nSPS) is 11.5. The van der Waals surface area contributed by atoms with Gasteiger partial charge >= 0.3 is 0 Å². The van der Waals surface area contributed by atoms with Crippen LogP contribution >= 0.6 is 0 Å². The van der Waals surface area contributed by atoms with Gasteiger partial charge in [-0.2, -0.15) is 0 Å². The van der Waals surface area contributed by atoms with E-state index in [1.165, 1.54) is 0 Å². The van der Waals surface area contributed by atoms with Crippen molar-refractivity contribution < 1.29 is 9.21 Å². The highest BCUT2D eigenvalue weighted by atomic mass is 16.3. The molecule has 4 rings (SSSR count). The molecule has 3 heteroatoms. The molecule has 0 aliphatic carbocycles. The number of carbonyl (C=O) groups is 1. The summed E-state index contributed by atoms with van der Waals surface area (Å²) in [5, 5.41) is 0. The fraction of sp³-hybridized carbons (Fsp3) is 0.138. The summed E-state index contributed by atoms with van der Waals surface area (Å²) in [6.07, 6.45) is 3.78. The van der Waals surface area contributed by atoms with Crippen LogP contribution < -0.4 is 0 Å². The third-order valence-corrected chi connectivity index (χ3v) is 5.40. The third-order valence-electron chi connectivity index (χ3n) is 5.40. The molecule has 0 bridgehead atoms. The van der Waals surface area contributed by atoms with E-state index < -0.39 is 0 Å². The fourth-order valence-electron chi connectivity index (χ4n) is 3.93. The summed E-state index contributed by atoms with van der Waals surface area (Å²) in [5.74, 6) is 0.447. The zero-order chi connectivity index (χ0) is 22.2. The van der Waals surface area contributed by atoms with Crippen LogP contribution in [0.3, 0.4) is 0 Å². The summed E-state index contributed by atoms with van der Waals surface area (Å²) in [4.78, 5) is 15.9. The Balaban J connectivity index is 1.68. The fourth-order valence-corrected chi connectivity index (χ4v) is 3.93. The molecule has 1 aromatic heterocycles. The Bertz CT molecular complexity index is 1090. The van der Waals surface area contributed by atoms with Crippen LogP contribution in [0.25, 0.3) is 6.08 Å². The van der Waals surface area contributed by atoms with E-state index >= 15 is 0 Å².